The standard InChI is InChI=1S/C18H26N6O3/c1-5-18(3,4)9-13(10-24(27)11-25)16(26)21-23-17-19-14-7-6-12(2)8-15(14)20-22-17/h6-8,11,13,27H,5,9-10H2,1-4H3,(H,21,26)(H,19,22,23). The fourth-order valence-electron chi connectivity index (χ4n) is 2.64. The smallest absolute Gasteiger partial charge is 0.262 e. The lowest BCUT2D eigenvalue weighted by Gasteiger charge is -2.29. The van der Waals surface area contributed by atoms with Crippen molar-refractivity contribution in [3.63, 3.8) is 0 Å². The number of fused-ring (bicyclic) bond motifs is 1. The number of nitrogens with zero attached hydrogens (tertiary/aromatic N) is 4. The predicted octanol–water partition coefficient (Wildman–Crippen LogP) is 2.07. The summed E-state index contributed by atoms with van der Waals surface area (Å²) < 4.78 is 0. The number of carbonyl (C=O) groups is 2. The third-order valence-corrected chi connectivity index (χ3v) is 4.56. The Bertz CT molecular complexity index is 811. The van der Waals surface area contributed by atoms with Crippen molar-refractivity contribution in [1.29, 1.82) is 0 Å². The lowest BCUT2D eigenvalue weighted by molar-refractivity contribution is -0.155. The molecule has 27 heavy (non-hydrogen) atoms. The highest BCUT2D eigenvalue weighted by molar-refractivity contribution is 5.80. The summed E-state index contributed by atoms with van der Waals surface area (Å²) in [7, 11) is 0. The summed E-state index contributed by atoms with van der Waals surface area (Å²) in [4.78, 5) is 27.6. The zero-order chi connectivity index (χ0) is 20.0. The molecule has 0 fully saturated rings. The van der Waals surface area contributed by atoms with Crippen LogP contribution < -0.4 is 10.9 Å². The average molecular weight is 374 g/mol. The molecule has 0 aliphatic carbocycles. The van der Waals surface area contributed by atoms with Gasteiger partial charge in [-0.05, 0) is 36.5 Å². The van der Waals surface area contributed by atoms with Gasteiger partial charge in [0.15, 0.2) is 0 Å². The Morgan fingerprint density at radius 3 is 2.74 bits per heavy atom. The van der Waals surface area contributed by atoms with E-state index in [1.54, 1.807) is 0 Å². The zero-order valence-electron chi connectivity index (χ0n) is 16.1. The second kappa shape index (κ2) is 8.72. The Hall–Kier alpha value is -2.81. The first-order valence-corrected chi connectivity index (χ1v) is 8.82. The van der Waals surface area contributed by atoms with Crippen LogP contribution in [0.1, 0.15) is 39.2 Å². The summed E-state index contributed by atoms with van der Waals surface area (Å²) >= 11 is 0. The highest BCUT2D eigenvalue weighted by atomic mass is 16.5. The molecule has 146 valence electrons. The molecule has 0 radical (unpaired) electrons. The Labute approximate surface area is 158 Å². The number of hydrogen-bond donors (Lipinski definition) is 3. The number of nitrogens with one attached hydrogen (secondary N) is 2. The van der Waals surface area contributed by atoms with Crippen molar-refractivity contribution in [2.45, 2.75) is 40.5 Å². The molecule has 0 aliphatic heterocycles. The van der Waals surface area contributed by atoms with Gasteiger partial charge in [0.05, 0.1) is 18.0 Å². The van der Waals surface area contributed by atoms with Crippen LogP contribution in [0.15, 0.2) is 18.2 Å². The normalized spacial score (nSPS) is 12.5. The number of hydroxylamine groups is 2. The van der Waals surface area contributed by atoms with Crippen molar-refractivity contribution in [3.8, 4) is 0 Å². The largest absolute Gasteiger partial charge is 0.286 e. The van der Waals surface area contributed by atoms with Gasteiger partial charge in [-0.1, -0.05) is 33.3 Å². The Morgan fingerprint density at radius 2 is 2.07 bits per heavy atom. The van der Waals surface area contributed by atoms with Gasteiger partial charge in [-0.25, -0.2) is 10.0 Å². The molecule has 1 atom stereocenters. The first-order chi connectivity index (χ1) is 12.7. The van der Waals surface area contributed by atoms with Crippen LogP contribution in [-0.2, 0) is 9.59 Å². The molecule has 3 N–H and O–H groups in total. The van der Waals surface area contributed by atoms with Crippen LogP contribution in [0.3, 0.4) is 0 Å². The van der Waals surface area contributed by atoms with Crippen LogP contribution in [0.5, 0.6) is 0 Å². The highest BCUT2D eigenvalue weighted by Gasteiger charge is 2.28. The SMILES string of the molecule is CCC(C)(C)CC(CN(O)C=O)C(=O)NNc1nnc2cc(C)ccc2n1. The van der Waals surface area contributed by atoms with E-state index >= 15 is 0 Å². The first-order valence-electron chi connectivity index (χ1n) is 8.82. The maximum atomic E-state index is 12.6. The minimum Gasteiger partial charge on any atom is -0.286 e. The van der Waals surface area contributed by atoms with Crippen LogP contribution in [-0.4, -0.2) is 44.3 Å². The molecule has 1 heterocycles. The number of rotatable bonds is 9. The number of benzene rings is 1. The molecule has 0 spiro atoms. The van der Waals surface area contributed by atoms with E-state index in [9.17, 15) is 14.8 Å². The van der Waals surface area contributed by atoms with E-state index in [2.05, 4.69) is 26.0 Å². The van der Waals surface area contributed by atoms with E-state index in [0.29, 0.717) is 22.5 Å². The van der Waals surface area contributed by atoms with Gasteiger partial charge in [-0.15, -0.1) is 10.2 Å². The topological polar surface area (TPSA) is 120 Å². The number of hydrazine groups is 1. The lowest BCUT2D eigenvalue weighted by Crippen LogP contribution is -2.42. The van der Waals surface area contributed by atoms with E-state index in [4.69, 9.17) is 0 Å². The van der Waals surface area contributed by atoms with E-state index in [0.717, 1.165) is 12.0 Å². The second-order valence-corrected chi connectivity index (χ2v) is 7.39. The molecule has 0 bridgehead atoms. The minimum absolute atomic E-state index is 0.101. The van der Waals surface area contributed by atoms with Crippen molar-refractivity contribution in [2.24, 2.45) is 11.3 Å². The van der Waals surface area contributed by atoms with Gasteiger partial charge in [0.1, 0.15) is 5.52 Å². The summed E-state index contributed by atoms with van der Waals surface area (Å²) in [6.45, 7) is 7.94. The molecule has 0 aliphatic rings. The molecule has 2 amide bonds. The molecular formula is C18H26N6O3. The van der Waals surface area contributed by atoms with Crippen molar-refractivity contribution in [1.82, 2.24) is 25.7 Å². The van der Waals surface area contributed by atoms with Crippen LogP contribution in [0.2, 0.25) is 0 Å². The highest BCUT2D eigenvalue weighted by Crippen LogP contribution is 2.29. The first kappa shape index (κ1) is 20.5. The van der Waals surface area contributed by atoms with E-state index in [-0.39, 0.29) is 30.2 Å². The summed E-state index contributed by atoms with van der Waals surface area (Å²) in [6, 6.07) is 5.61. The number of amides is 2. The monoisotopic (exact) mass is 374 g/mol. The summed E-state index contributed by atoms with van der Waals surface area (Å²) in [5.74, 6) is -0.812. The van der Waals surface area contributed by atoms with E-state index < -0.39 is 5.92 Å². The molecule has 2 rings (SSSR count). The summed E-state index contributed by atoms with van der Waals surface area (Å²) in [5.41, 5.74) is 7.45. The van der Waals surface area contributed by atoms with Gasteiger partial charge in [-0.3, -0.25) is 25.6 Å². The Kier molecular flexibility index (Phi) is 6.62. The molecule has 1 unspecified atom stereocenters. The number of hydrogen-bond acceptors (Lipinski definition) is 7. The van der Waals surface area contributed by atoms with Gasteiger partial charge in [0, 0.05) is 0 Å². The quantitative estimate of drug-likeness (QED) is 0.349. The van der Waals surface area contributed by atoms with E-state index in [1.165, 1.54) is 0 Å². The second-order valence-electron chi connectivity index (χ2n) is 7.39. The van der Waals surface area contributed by atoms with Gasteiger partial charge in [-0.2, -0.15) is 0 Å². The fraction of sp³-hybridized carbons (Fsp3) is 0.500. The molecular weight excluding hydrogens is 348 g/mol. The van der Waals surface area contributed by atoms with E-state index in [1.807, 2.05) is 45.9 Å². The van der Waals surface area contributed by atoms with Crippen LogP contribution in [0, 0.1) is 18.3 Å². The molecule has 0 saturated heterocycles. The van der Waals surface area contributed by atoms with Crippen molar-refractivity contribution in [2.75, 3.05) is 12.0 Å². The van der Waals surface area contributed by atoms with Crippen LogP contribution in [0.4, 0.5) is 5.95 Å². The van der Waals surface area contributed by atoms with Gasteiger partial charge in [0.25, 0.3) is 5.95 Å². The summed E-state index contributed by atoms with van der Waals surface area (Å²) in [5, 5.41) is 18.0. The third-order valence-electron chi connectivity index (χ3n) is 4.56. The Balaban J connectivity index is 2.07. The molecule has 1 aromatic carbocycles. The third kappa shape index (κ3) is 5.85. The van der Waals surface area contributed by atoms with Crippen LogP contribution >= 0.6 is 0 Å². The Morgan fingerprint density at radius 1 is 1.33 bits per heavy atom. The maximum absolute atomic E-state index is 12.6. The minimum atomic E-state index is -0.598. The van der Waals surface area contributed by atoms with Crippen molar-refractivity contribution < 1.29 is 14.8 Å². The number of aromatic nitrogens is 3. The van der Waals surface area contributed by atoms with Crippen molar-refractivity contribution in [3.05, 3.63) is 23.8 Å². The fourth-order valence-corrected chi connectivity index (χ4v) is 2.64. The van der Waals surface area contributed by atoms with Gasteiger partial charge in [0.2, 0.25) is 12.3 Å². The number of aryl methyl sites for hydroxylation is 1. The number of carbonyl (C=O) groups excluding carboxylic acids is 2. The van der Waals surface area contributed by atoms with Gasteiger partial charge >= 0.3 is 0 Å². The molecule has 1 aromatic heterocycles. The number of anilines is 1. The maximum Gasteiger partial charge on any atom is 0.262 e. The summed E-state index contributed by atoms with van der Waals surface area (Å²) in [6.07, 6.45) is 1.64. The van der Waals surface area contributed by atoms with Crippen molar-refractivity contribution >= 4 is 29.3 Å². The zero-order valence-corrected chi connectivity index (χ0v) is 16.1. The molecule has 9 heteroatoms. The van der Waals surface area contributed by atoms with Gasteiger partial charge < -0.3 is 0 Å². The van der Waals surface area contributed by atoms with Crippen LogP contribution in [0.25, 0.3) is 11.0 Å². The lowest BCUT2D eigenvalue weighted by atomic mass is 9.80. The molecule has 2 aromatic rings. The average Bonchev–Trinajstić information content (AvgIpc) is 2.65. The molecule has 0 saturated carbocycles. The predicted molar refractivity (Wildman–Crippen MR) is 101 cm³/mol. The molecule has 9 nitrogen and oxygen atoms in total.